The first kappa shape index (κ1) is 14.5. The summed E-state index contributed by atoms with van der Waals surface area (Å²) >= 11 is 5.97. The molecule has 0 unspecified atom stereocenters. The van der Waals surface area contributed by atoms with Gasteiger partial charge in [-0.1, -0.05) is 11.6 Å². The minimum absolute atomic E-state index is 0.0760. The molecule has 2 rings (SSSR count). The Bertz CT molecular complexity index is 536. The van der Waals surface area contributed by atoms with Gasteiger partial charge in [0.25, 0.3) is 0 Å². The number of nitrogens with zero attached hydrogens (tertiary/aromatic N) is 1. The zero-order chi connectivity index (χ0) is 14.7. The summed E-state index contributed by atoms with van der Waals surface area (Å²) < 4.78 is 5.03. The smallest absolute Gasteiger partial charge is 0.319 e. The van der Waals surface area contributed by atoms with Crippen LogP contribution in [0.15, 0.2) is 18.2 Å². The molecular formula is C13H16ClN3O3. The lowest BCUT2D eigenvalue weighted by molar-refractivity contribution is -0.128. The number of likely N-dealkylation sites (N-methyl/N-ethyl adjacent to an activating group) is 1. The molecule has 108 valence electrons. The third kappa shape index (κ3) is 3.14. The summed E-state index contributed by atoms with van der Waals surface area (Å²) in [6.45, 7) is 0.651. The van der Waals surface area contributed by atoms with E-state index in [0.717, 1.165) is 0 Å². The van der Waals surface area contributed by atoms with Crippen molar-refractivity contribution in [2.24, 2.45) is 0 Å². The number of anilines is 1. The number of rotatable bonds is 3. The molecule has 20 heavy (non-hydrogen) atoms. The maximum Gasteiger partial charge on any atom is 0.319 e. The van der Waals surface area contributed by atoms with Gasteiger partial charge in [0.15, 0.2) is 0 Å². The van der Waals surface area contributed by atoms with Gasteiger partial charge < -0.3 is 20.3 Å². The first-order valence-electron chi connectivity index (χ1n) is 6.17. The Morgan fingerprint density at radius 2 is 2.25 bits per heavy atom. The van der Waals surface area contributed by atoms with Crippen LogP contribution in [0.2, 0.25) is 5.02 Å². The van der Waals surface area contributed by atoms with Crippen molar-refractivity contribution >= 4 is 29.2 Å². The first-order chi connectivity index (χ1) is 9.51. The van der Waals surface area contributed by atoms with Crippen LogP contribution in [0, 0.1) is 0 Å². The fourth-order valence-electron chi connectivity index (χ4n) is 2.03. The average molecular weight is 298 g/mol. The van der Waals surface area contributed by atoms with E-state index in [0.29, 0.717) is 29.4 Å². The molecule has 1 aromatic rings. The van der Waals surface area contributed by atoms with Crippen molar-refractivity contribution in [2.45, 2.75) is 12.5 Å². The van der Waals surface area contributed by atoms with Gasteiger partial charge in [0.2, 0.25) is 5.91 Å². The first-order valence-corrected chi connectivity index (χ1v) is 6.55. The fourth-order valence-corrected chi connectivity index (χ4v) is 2.28. The number of methoxy groups -OCH3 is 1. The van der Waals surface area contributed by atoms with E-state index in [1.54, 1.807) is 30.1 Å². The lowest BCUT2D eigenvalue weighted by Gasteiger charge is -2.13. The van der Waals surface area contributed by atoms with E-state index in [9.17, 15) is 9.59 Å². The van der Waals surface area contributed by atoms with Gasteiger partial charge in [-0.2, -0.15) is 0 Å². The largest absolute Gasteiger partial charge is 0.495 e. The number of carbonyl (C=O) groups is 2. The Morgan fingerprint density at radius 3 is 2.80 bits per heavy atom. The molecule has 1 saturated heterocycles. The lowest BCUT2D eigenvalue weighted by Crippen LogP contribution is -2.42. The highest BCUT2D eigenvalue weighted by Gasteiger charge is 2.30. The molecule has 2 N–H and O–H groups in total. The molecular weight excluding hydrogens is 282 g/mol. The summed E-state index contributed by atoms with van der Waals surface area (Å²) in [5.74, 6) is 0.457. The second-order valence-electron chi connectivity index (χ2n) is 4.55. The number of nitrogens with one attached hydrogen (secondary N) is 2. The SMILES string of the molecule is COc1ccc(NC(=O)N[C@H]2CCN(C)C2=O)cc1Cl. The molecule has 3 amide bonds. The van der Waals surface area contributed by atoms with E-state index < -0.39 is 12.1 Å². The molecule has 1 fully saturated rings. The van der Waals surface area contributed by atoms with Crippen LogP contribution in [0.3, 0.4) is 0 Å². The number of benzene rings is 1. The van der Waals surface area contributed by atoms with Gasteiger partial charge in [-0.25, -0.2) is 4.79 Å². The Hall–Kier alpha value is -1.95. The maximum absolute atomic E-state index is 11.8. The Morgan fingerprint density at radius 1 is 1.50 bits per heavy atom. The summed E-state index contributed by atoms with van der Waals surface area (Å²) in [5, 5.41) is 5.68. The van der Waals surface area contributed by atoms with Gasteiger partial charge in [0, 0.05) is 19.3 Å². The monoisotopic (exact) mass is 297 g/mol. The molecule has 7 heteroatoms. The molecule has 0 bridgehead atoms. The Kier molecular flexibility index (Phi) is 4.34. The van der Waals surface area contributed by atoms with Crippen LogP contribution >= 0.6 is 11.6 Å². The number of ether oxygens (including phenoxy) is 1. The minimum Gasteiger partial charge on any atom is -0.495 e. The third-order valence-corrected chi connectivity index (χ3v) is 3.44. The van der Waals surface area contributed by atoms with E-state index in [-0.39, 0.29) is 5.91 Å². The molecule has 1 aliphatic rings. The zero-order valence-electron chi connectivity index (χ0n) is 11.3. The van der Waals surface area contributed by atoms with Crippen LogP contribution in [0.1, 0.15) is 6.42 Å². The molecule has 0 aliphatic carbocycles. The Labute approximate surface area is 122 Å². The van der Waals surface area contributed by atoms with Crippen molar-refractivity contribution in [3.63, 3.8) is 0 Å². The highest BCUT2D eigenvalue weighted by atomic mass is 35.5. The summed E-state index contributed by atoms with van der Waals surface area (Å²) in [5.41, 5.74) is 0.534. The van der Waals surface area contributed by atoms with Gasteiger partial charge in [-0.15, -0.1) is 0 Å². The van der Waals surface area contributed by atoms with Crippen LogP contribution in [0.5, 0.6) is 5.75 Å². The van der Waals surface area contributed by atoms with E-state index >= 15 is 0 Å². The summed E-state index contributed by atoms with van der Waals surface area (Å²) in [4.78, 5) is 25.1. The minimum atomic E-state index is -0.464. The van der Waals surface area contributed by atoms with Crippen molar-refractivity contribution < 1.29 is 14.3 Å². The van der Waals surface area contributed by atoms with Crippen molar-refractivity contribution in [1.82, 2.24) is 10.2 Å². The van der Waals surface area contributed by atoms with Crippen LogP contribution in [-0.2, 0) is 4.79 Å². The number of hydrogen-bond acceptors (Lipinski definition) is 3. The van der Waals surface area contributed by atoms with Crippen molar-refractivity contribution in [1.29, 1.82) is 0 Å². The quantitative estimate of drug-likeness (QED) is 0.892. The predicted molar refractivity (Wildman–Crippen MR) is 76.2 cm³/mol. The third-order valence-electron chi connectivity index (χ3n) is 3.14. The van der Waals surface area contributed by atoms with Crippen LogP contribution in [0.4, 0.5) is 10.5 Å². The number of carbonyl (C=O) groups excluding carboxylic acids is 2. The van der Waals surface area contributed by atoms with Gasteiger partial charge in [0.1, 0.15) is 11.8 Å². The van der Waals surface area contributed by atoms with E-state index in [2.05, 4.69) is 10.6 Å². The second-order valence-corrected chi connectivity index (χ2v) is 4.96. The highest BCUT2D eigenvalue weighted by molar-refractivity contribution is 6.32. The number of urea groups is 1. The molecule has 6 nitrogen and oxygen atoms in total. The fraction of sp³-hybridized carbons (Fsp3) is 0.385. The van der Waals surface area contributed by atoms with Gasteiger partial charge in [-0.05, 0) is 24.6 Å². The molecule has 1 heterocycles. The average Bonchev–Trinajstić information content (AvgIpc) is 2.71. The number of halogens is 1. The molecule has 1 aromatic carbocycles. The molecule has 1 aliphatic heterocycles. The number of likely N-dealkylation sites (tertiary alicyclic amines) is 1. The zero-order valence-corrected chi connectivity index (χ0v) is 12.0. The normalized spacial score (nSPS) is 18.1. The topological polar surface area (TPSA) is 70.7 Å². The molecule has 1 atom stereocenters. The highest BCUT2D eigenvalue weighted by Crippen LogP contribution is 2.27. The summed E-state index contributed by atoms with van der Waals surface area (Å²) in [6.07, 6.45) is 0.617. The Balaban J connectivity index is 1.95. The van der Waals surface area contributed by atoms with Gasteiger partial charge >= 0.3 is 6.03 Å². The summed E-state index contributed by atoms with van der Waals surface area (Å²) in [7, 11) is 3.23. The molecule has 0 spiro atoms. The second kappa shape index (κ2) is 6.00. The molecule has 0 saturated carbocycles. The van der Waals surface area contributed by atoms with Crippen molar-refractivity contribution in [3.05, 3.63) is 23.2 Å². The maximum atomic E-state index is 11.8. The molecule has 0 radical (unpaired) electrons. The predicted octanol–water partition coefficient (Wildman–Crippen LogP) is 1.70. The van der Waals surface area contributed by atoms with Gasteiger partial charge in [-0.3, -0.25) is 4.79 Å². The lowest BCUT2D eigenvalue weighted by atomic mass is 10.2. The van der Waals surface area contributed by atoms with Crippen molar-refractivity contribution in [3.8, 4) is 5.75 Å². The van der Waals surface area contributed by atoms with E-state index in [1.807, 2.05) is 0 Å². The van der Waals surface area contributed by atoms with E-state index in [4.69, 9.17) is 16.3 Å². The van der Waals surface area contributed by atoms with Crippen LogP contribution in [0.25, 0.3) is 0 Å². The van der Waals surface area contributed by atoms with Crippen molar-refractivity contribution in [2.75, 3.05) is 26.0 Å². The van der Waals surface area contributed by atoms with Crippen LogP contribution in [-0.4, -0.2) is 43.6 Å². The standard InChI is InChI=1S/C13H16ClN3O3/c1-17-6-5-10(12(17)18)16-13(19)15-8-3-4-11(20-2)9(14)7-8/h3-4,7,10H,5-6H2,1-2H3,(H2,15,16,19)/t10-/m0/s1. The summed E-state index contributed by atoms with van der Waals surface area (Å²) in [6, 6.07) is 4.02. The number of hydrogen-bond donors (Lipinski definition) is 2. The van der Waals surface area contributed by atoms with E-state index in [1.165, 1.54) is 7.11 Å². The number of amides is 3. The molecule has 0 aromatic heterocycles. The van der Waals surface area contributed by atoms with Gasteiger partial charge in [0.05, 0.1) is 12.1 Å². The van der Waals surface area contributed by atoms with Crippen LogP contribution < -0.4 is 15.4 Å².